The van der Waals surface area contributed by atoms with Crippen LogP contribution in [0.25, 0.3) is 10.9 Å². The van der Waals surface area contributed by atoms with Crippen LogP contribution in [0.5, 0.6) is 0 Å². The highest BCUT2D eigenvalue weighted by atomic mass is 32.1. The van der Waals surface area contributed by atoms with Gasteiger partial charge in [-0.15, -0.1) is 0 Å². The largest absolute Gasteiger partial charge is 0.375 e. The van der Waals surface area contributed by atoms with Crippen LogP contribution in [0.2, 0.25) is 0 Å². The number of aryl methyl sites for hydroxylation is 2. The van der Waals surface area contributed by atoms with Gasteiger partial charge in [-0.1, -0.05) is 54.7 Å². The predicted octanol–water partition coefficient (Wildman–Crippen LogP) is 3.77. The molecule has 2 heterocycles. The zero-order chi connectivity index (χ0) is 14.9. The maximum absolute atomic E-state index is 5.51. The standard InChI is InChI=1S/C19H18N2S/c22-19-15-7-4-8-17-18(15)14(11-12-20-19)16(21-17)10-9-13-5-2-1-3-6-13/h1-8,21H,9-12H2,(H,20,22). The normalized spacial score (nSPS) is 13.9. The number of H-pyrrole nitrogens is 1. The van der Waals surface area contributed by atoms with Gasteiger partial charge in [-0.2, -0.15) is 0 Å². The van der Waals surface area contributed by atoms with Crippen molar-refractivity contribution in [1.82, 2.24) is 10.3 Å². The van der Waals surface area contributed by atoms with Gasteiger partial charge in [-0.3, -0.25) is 0 Å². The first kappa shape index (κ1) is 13.5. The molecule has 0 saturated carbocycles. The Bertz CT molecular complexity index is 833. The number of hydrogen-bond donors (Lipinski definition) is 2. The molecule has 110 valence electrons. The minimum Gasteiger partial charge on any atom is -0.375 e. The molecule has 0 bridgehead atoms. The van der Waals surface area contributed by atoms with Gasteiger partial charge in [0.15, 0.2) is 0 Å². The highest BCUT2D eigenvalue weighted by Gasteiger charge is 2.19. The quantitative estimate of drug-likeness (QED) is 0.721. The van der Waals surface area contributed by atoms with Crippen molar-refractivity contribution >= 4 is 28.1 Å². The summed E-state index contributed by atoms with van der Waals surface area (Å²) in [6, 6.07) is 17.0. The van der Waals surface area contributed by atoms with Gasteiger partial charge < -0.3 is 10.3 Å². The Morgan fingerprint density at radius 1 is 0.955 bits per heavy atom. The van der Waals surface area contributed by atoms with E-state index in [0.717, 1.165) is 30.8 Å². The molecule has 1 aliphatic rings. The number of aromatic amines is 1. The van der Waals surface area contributed by atoms with Crippen LogP contribution in [-0.2, 0) is 19.3 Å². The summed E-state index contributed by atoms with van der Waals surface area (Å²) in [5.41, 5.74) is 6.56. The molecule has 0 radical (unpaired) electrons. The van der Waals surface area contributed by atoms with E-state index in [1.165, 1.54) is 33.3 Å². The Hall–Kier alpha value is -2.13. The lowest BCUT2D eigenvalue weighted by Crippen LogP contribution is -2.22. The second kappa shape index (κ2) is 5.58. The fourth-order valence-electron chi connectivity index (χ4n) is 3.36. The van der Waals surface area contributed by atoms with Crippen LogP contribution in [0, 0.1) is 0 Å². The zero-order valence-corrected chi connectivity index (χ0v) is 13.2. The summed E-state index contributed by atoms with van der Waals surface area (Å²) in [6.45, 7) is 0.915. The van der Waals surface area contributed by atoms with Crippen molar-refractivity contribution < 1.29 is 0 Å². The van der Waals surface area contributed by atoms with Gasteiger partial charge in [0.1, 0.15) is 4.99 Å². The number of thiocarbonyl (C=S) groups is 1. The summed E-state index contributed by atoms with van der Waals surface area (Å²) in [4.78, 5) is 4.50. The van der Waals surface area contributed by atoms with Crippen molar-refractivity contribution in [1.29, 1.82) is 0 Å². The lowest BCUT2D eigenvalue weighted by Gasteiger charge is -2.05. The van der Waals surface area contributed by atoms with Gasteiger partial charge in [-0.25, -0.2) is 0 Å². The van der Waals surface area contributed by atoms with Gasteiger partial charge in [-0.05, 0) is 36.5 Å². The van der Waals surface area contributed by atoms with Gasteiger partial charge in [0.2, 0.25) is 0 Å². The van der Waals surface area contributed by atoms with Crippen LogP contribution in [0.3, 0.4) is 0 Å². The first-order chi connectivity index (χ1) is 10.8. The maximum atomic E-state index is 5.51. The molecular weight excluding hydrogens is 288 g/mol. The summed E-state index contributed by atoms with van der Waals surface area (Å²) in [5.74, 6) is 0. The average Bonchev–Trinajstić information content (AvgIpc) is 2.82. The van der Waals surface area contributed by atoms with Crippen LogP contribution in [0.15, 0.2) is 48.5 Å². The zero-order valence-electron chi connectivity index (χ0n) is 12.4. The lowest BCUT2D eigenvalue weighted by atomic mass is 10.0. The van der Waals surface area contributed by atoms with E-state index in [-0.39, 0.29) is 0 Å². The van der Waals surface area contributed by atoms with Gasteiger partial charge in [0.25, 0.3) is 0 Å². The second-order valence-electron chi connectivity index (χ2n) is 5.80. The summed E-state index contributed by atoms with van der Waals surface area (Å²) in [6.07, 6.45) is 3.13. The molecule has 3 aromatic rings. The van der Waals surface area contributed by atoms with E-state index in [1.54, 1.807) is 0 Å². The molecule has 2 aromatic carbocycles. The molecule has 0 spiro atoms. The number of aromatic nitrogens is 1. The molecule has 3 heteroatoms. The molecule has 0 fully saturated rings. The molecular formula is C19H18N2S. The Balaban J connectivity index is 1.74. The third-order valence-corrected chi connectivity index (χ3v) is 4.79. The van der Waals surface area contributed by atoms with Crippen LogP contribution < -0.4 is 5.32 Å². The van der Waals surface area contributed by atoms with Crippen LogP contribution in [0.4, 0.5) is 0 Å². The van der Waals surface area contributed by atoms with E-state index in [9.17, 15) is 0 Å². The maximum Gasteiger partial charge on any atom is 0.107 e. The fourth-order valence-corrected chi connectivity index (χ4v) is 3.63. The lowest BCUT2D eigenvalue weighted by molar-refractivity contribution is 0.851. The van der Waals surface area contributed by atoms with E-state index < -0.39 is 0 Å². The molecule has 0 unspecified atom stereocenters. The summed E-state index contributed by atoms with van der Waals surface area (Å²) >= 11 is 5.51. The topological polar surface area (TPSA) is 27.8 Å². The number of nitrogens with one attached hydrogen (secondary N) is 2. The minimum atomic E-state index is 0.873. The van der Waals surface area contributed by atoms with E-state index in [0.29, 0.717) is 0 Å². The van der Waals surface area contributed by atoms with Gasteiger partial charge in [0, 0.05) is 28.7 Å². The highest BCUT2D eigenvalue weighted by Crippen LogP contribution is 2.29. The number of rotatable bonds is 3. The Morgan fingerprint density at radius 3 is 2.68 bits per heavy atom. The Kier molecular flexibility index (Phi) is 3.43. The molecule has 1 aromatic heterocycles. The molecule has 22 heavy (non-hydrogen) atoms. The summed E-state index contributed by atoms with van der Waals surface area (Å²) in [7, 11) is 0. The molecule has 4 rings (SSSR count). The van der Waals surface area contributed by atoms with E-state index in [4.69, 9.17) is 12.2 Å². The van der Waals surface area contributed by atoms with Crippen molar-refractivity contribution in [3.05, 3.63) is 70.9 Å². The highest BCUT2D eigenvalue weighted by molar-refractivity contribution is 7.80. The minimum absolute atomic E-state index is 0.873. The fraction of sp³-hybridized carbons (Fsp3) is 0.211. The van der Waals surface area contributed by atoms with E-state index >= 15 is 0 Å². The first-order valence-corrected chi connectivity index (χ1v) is 8.18. The van der Waals surface area contributed by atoms with Crippen LogP contribution in [-0.4, -0.2) is 16.5 Å². The predicted molar refractivity (Wildman–Crippen MR) is 95.6 cm³/mol. The average molecular weight is 306 g/mol. The number of benzene rings is 2. The third-order valence-electron chi connectivity index (χ3n) is 4.43. The second-order valence-corrected chi connectivity index (χ2v) is 6.21. The van der Waals surface area contributed by atoms with Crippen molar-refractivity contribution in [3.8, 4) is 0 Å². The summed E-state index contributed by atoms with van der Waals surface area (Å²) in [5, 5.41) is 4.68. The molecule has 1 aliphatic heterocycles. The Morgan fingerprint density at radius 2 is 1.82 bits per heavy atom. The SMILES string of the molecule is S=C1NCCc2c(CCc3ccccc3)[nH]c3cccc1c23. The van der Waals surface area contributed by atoms with Crippen molar-refractivity contribution in [2.24, 2.45) is 0 Å². The molecule has 2 nitrogen and oxygen atoms in total. The van der Waals surface area contributed by atoms with Gasteiger partial charge in [0.05, 0.1) is 0 Å². The molecule has 2 N–H and O–H groups in total. The molecule has 0 amide bonds. The van der Waals surface area contributed by atoms with Gasteiger partial charge >= 0.3 is 0 Å². The smallest absolute Gasteiger partial charge is 0.107 e. The summed E-state index contributed by atoms with van der Waals surface area (Å²) < 4.78 is 0. The van der Waals surface area contributed by atoms with Crippen molar-refractivity contribution in [3.63, 3.8) is 0 Å². The monoisotopic (exact) mass is 306 g/mol. The molecule has 0 saturated heterocycles. The van der Waals surface area contributed by atoms with Crippen LogP contribution in [0.1, 0.15) is 22.4 Å². The third kappa shape index (κ3) is 2.32. The first-order valence-electron chi connectivity index (χ1n) is 7.77. The van der Waals surface area contributed by atoms with Crippen LogP contribution >= 0.6 is 12.2 Å². The number of hydrogen-bond acceptors (Lipinski definition) is 1. The Labute approximate surface area is 135 Å². The van der Waals surface area contributed by atoms with E-state index in [2.05, 4.69) is 58.8 Å². The molecule has 0 atom stereocenters. The van der Waals surface area contributed by atoms with Crippen molar-refractivity contribution in [2.45, 2.75) is 19.3 Å². The molecule has 0 aliphatic carbocycles. The van der Waals surface area contributed by atoms with E-state index in [1.807, 2.05) is 0 Å². The van der Waals surface area contributed by atoms with Crippen molar-refractivity contribution in [2.75, 3.05) is 6.54 Å².